The van der Waals surface area contributed by atoms with Crippen molar-refractivity contribution in [2.24, 2.45) is 7.05 Å². The van der Waals surface area contributed by atoms with Crippen molar-refractivity contribution in [2.45, 2.75) is 25.7 Å². The number of halogens is 1. The monoisotopic (exact) mass is 241 g/mol. The normalized spacial score (nSPS) is 17.6. The van der Waals surface area contributed by atoms with Gasteiger partial charge in [0, 0.05) is 5.56 Å². The molecule has 1 atom stereocenters. The molecule has 1 aromatic rings. The summed E-state index contributed by atoms with van der Waals surface area (Å²) in [5.41, 5.74) is 3.19. The largest absolute Gasteiger partial charge is 1.00 e. The van der Waals surface area contributed by atoms with Gasteiger partial charge in [-0.3, -0.25) is 0 Å². The highest BCUT2D eigenvalue weighted by molar-refractivity contribution is 5.91. The molecule has 1 aromatic heterocycles. The predicted octanol–water partition coefficient (Wildman–Crippen LogP) is -1.65. The van der Waals surface area contributed by atoms with Crippen molar-refractivity contribution >= 4 is 5.97 Å². The molecule has 2 rings (SSSR count). The Balaban J connectivity index is 0.00000128. The van der Waals surface area contributed by atoms with Gasteiger partial charge in [-0.05, 0) is 24.3 Å². The molecular weight excluding hydrogens is 226 g/mol. The van der Waals surface area contributed by atoms with E-state index in [4.69, 9.17) is 4.74 Å². The molecule has 1 unspecified atom stereocenters. The predicted molar refractivity (Wildman–Crippen MR) is 55.7 cm³/mol. The lowest BCUT2D eigenvalue weighted by atomic mass is 10.0. The van der Waals surface area contributed by atoms with Crippen molar-refractivity contribution in [3.05, 3.63) is 29.1 Å². The van der Waals surface area contributed by atoms with E-state index in [1.54, 1.807) is 0 Å². The van der Waals surface area contributed by atoms with Crippen molar-refractivity contribution in [3.63, 3.8) is 0 Å². The fourth-order valence-corrected chi connectivity index (χ4v) is 2.28. The third-order valence-corrected chi connectivity index (χ3v) is 3.11. The van der Waals surface area contributed by atoms with Crippen LogP contribution in [-0.2, 0) is 18.2 Å². The fraction of sp³-hybridized carbons (Fsp3) is 0.500. The lowest BCUT2D eigenvalue weighted by molar-refractivity contribution is -0.672. The van der Waals surface area contributed by atoms with Crippen LogP contribution in [0, 0.1) is 0 Å². The van der Waals surface area contributed by atoms with Gasteiger partial charge in [0.05, 0.1) is 7.11 Å². The number of methoxy groups -OCH3 is 1. The number of fused-ring (bicyclic) bond motifs is 1. The highest BCUT2D eigenvalue weighted by atomic mass is 35.5. The molecule has 16 heavy (non-hydrogen) atoms. The topological polar surface area (TPSA) is 30.2 Å². The van der Waals surface area contributed by atoms with Crippen LogP contribution in [0.5, 0.6) is 0 Å². The molecule has 0 aliphatic heterocycles. The van der Waals surface area contributed by atoms with Crippen LogP contribution in [0.1, 0.15) is 40.7 Å². The highest BCUT2D eigenvalue weighted by Gasteiger charge is 2.28. The van der Waals surface area contributed by atoms with Crippen molar-refractivity contribution in [1.82, 2.24) is 0 Å². The number of aromatic nitrogens is 1. The molecule has 1 heterocycles. The average molecular weight is 242 g/mol. The first-order valence-electron chi connectivity index (χ1n) is 5.24. The van der Waals surface area contributed by atoms with E-state index >= 15 is 0 Å². The molecule has 0 saturated carbocycles. The number of hydrogen-bond acceptors (Lipinski definition) is 2. The summed E-state index contributed by atoms with van der Waals surface area (Å²) in [6, 6.07) is 0. The summed E-state index contributed by atoms with van der Waals surface area (Å²) in [7, 11) is 3.37. The minimum absolute atomic E-state index is 0. The van der Waals surface area contributed by atoms with Gasteiger partial charge >= 0.3 is 5.97 Å². The number of carbonyl (C=O) groups is 1. The van der Waals surface area contributed by atoms with E-state index < -0.39 is 0 Å². The number of nitrogens with zero attached hydrogens (tertiary/aromatic N) is 1. The molecule has 0 saturated heterocycles. The number of esters is 1. The van der Waals surface area contributed by atoms with Gasteiger partial charge in [-0.25, -0.2) is 9.36 Å². The summed E-state index contributed by atoms with van der Waals surface area (Å²) in [6.45, 7) is 2.20. The van der Waals surface area contributed by atoms with E-state index in [1.165, 1.54) is 18.2 Å². The number of aryl methyl sites for hydroxylation is 1. The fourth-order valence-electron chi connectivity index (χ4n) is 2.28. The number of hydrogen-bond donors (Lipinski definition) is 0. The Labute approximate surface area is 102 Å². The zero-order chi connectivity index (χ0) is 11.0. The molecule has 0 fully saturated rings. The molecule has 0 aromatic carbocycles. The van der Waals surface area contributed by atoms with Crippen LogP contribution in [0.4, 0.5) is 0 Å². The van der Waals surface area contributed by atoms with Gasteiger partial charge < -0.3 is 17.1 Å². The zero-order valence-corrected chi connectivity index (χ0v) is 10.5. The van der Waals surface area contributed by atoms with Crippen LogP contribution in [0.25, 0.3) is 0 Å². The van der Waals surface area contributed by atoms with Crippen LogP contribution in [0.3, 0.4) is 0 Å². The third kappa shape index (κ3) is 2.05. The Kier molecular flexibility index (Phi) is 3.92. The molecule has 3 nitrogen and oxygen atoms in total. The van der Waals surface area contributed by atoms with Gasteiger partial charge in [0.15, 0.2) is 12.4 Å². The smallest absolute Gasteiger partial charge is 0.344 e. The van der Waals surface area contributed by atoms with Crippen LogP contribution in [-0.4, -0.2) is 13.1 Å². The molecule has 88 valence electrons. The van der Waals surface area contributed by atoms with E-state index in [-0.39, 0.29) is 18.4 Å². The number of ether oxygens (including phenoxy) is 1. The van der Waals surface area contributed by atoms with Gasteiger partial charge in [0.25, 0.3) is 0 Å². The summed E-state index contributed by atoms with van der Waals surface area (Å²) < 4.78 is 6.74. The second-order valence-electron chi connectivity index (χ2n) is 4.20. The molecule has 4 heteroatoms. The minimum Gasteiger partial charge on any atom is -1.00 e. The van der Waals surface area contributed by atoms with Gasteiger partial charge in [-0.15, -0.1) is 0 Å². The summed E-state index contributed by atoms with van der Waals surface area (Å²) in [5, 5.41) is 0. The Morgan fingerprint density at radius 2 is 2.19 bits per heavy atom. The molecule has 0 bridgehead atoms. The second kappa shape index (κ2) is 4.83. The second-order valence-corrected chi connectivity index (χ2v) is 4.20. The molecule has 1 aliphatic rings. The molecule has 1 aliphatic carbocycles. The maximum atomic E-state index is 11.6. The lowest BCUT2D eigenvalue weighted by Crippen LogP contribution is -3.00. The maximum Gasteiger partial charge on any atom is 0.344 e. The molecular formula is C12H16ClNO2. The molecule has 0 radical (unpaired) electrons. The van der Waals surface area contributed by atoms with E-state index in [0.29, 0.717) is 5.92 Å². The SMILES string of the molecule is COC(=O)c1c[n+](C)cc2c1CCC2C.[Cl-]. The van der Waals surface area contributed by atoms with Gasteiger partial charge in [0.1, 0.15) is 12.6 Å². The van der Waals surface area contributed by atoms with Crippen molar-refractivity contribution in [3.8, 4) is 0 Å². The van der Waals surface area contributed by atoms with Crippen LogP contribution in [0.2, 0.25) is 0 Å². The number of pyridine rings is 1. The quantitative estimate of drug-likeness (QED) is 0.436. The number of rotatable bonds is 1. The highest BCUT2D eigenvalue weighted by Crippen LogP contribution is 2.33. The van der Waals surface area contributed by atoms with Crippen LogP contribution < -0.4 is 17.0 Å². The first-order valence-corrected chi connectivity index (χ1v) is 5.24. The Bertz CT molecular complexity index is 418. The summed E-state index contributed by atoms with van der Waals surface area (Å²) in [5.74, 6) is 0.326. The van der Waals surface area contributed by atoms with Gasteiger partial charge in [-0.2, -0.15) is 0 Å². The van der Waals surface area contributed by atoms with Crippen molar-refractivity contribution in [2.75, 3.05) is 7.11 Å². The standard InChI is InChI=1S/C12H16NO2.ClH/c1-8-4-5-9-10(8)6-13(2)7-11(9)12(14)15-3;/h6-8H,4-5H2,1-3H3;1H/q+1;/p-1. The van der Waals surface area contributed by atoms with Gasteiger partial charge in [-0.1, -0.05) is 6.92 Å². The molecule has 0 spiro atoms. The van der Waals surface area contributed by atoms with Crippen molar-refractivity contribution < 1.29 is 26.5 Å². The lowest BCUT2D eigenvalue weighted by Gasteiger charge is -2.05. The Morgan fingerprint density at radius 3 is 2.81 bits per heavy atom. The minimum atomic E-state index is -0.225. The molecule has 0 amide bonds. The van der Waals surface area contributed by atoms with E-state index in [9.17, 15) is 4.79 Å². The summed E-state index contributed by atoms with van der Waals surface area (Å²) >= 11 is 0. The average Bonchev–Trinajstić information content (AvgIpc) is 2.58. The first-order chi connectivity index (χ1) is 7.13. The maximum absolute atomic E-state index is 11.6. The zero-order valence-electron chi connectivity index (χ0n) is 9.79. The summed E-state index contributed by atoms with van der Waals surface area (Å²) in [4.78, 5) is 11.6. The van der Waals surface area contributed by atoms with E-state index in [0.717, 1.165) is 18.4 Å². The number of carbonyl (C=O) groups excluding carboxylic acids is 1. The molecule has 0 N–H and O–H groups in total. The summed E-state index contributed by atoms with van der Waals surface area (Å²) in [6.07, 6.45) is 6.08. The van der Waals surface area contributed by atoms with Crippen molar-refractivity contribution in [1.29, 1.82) is 0 Å². The first kappa shape index (κ1) is 13.0. The van der Waals surface area contributed by atoms with Crippen LogP contribution in [0.15, 0.2) is 12.4 Å². The van der Waals surface area contributed by atoms with E-state index in [2.05, 4.69) is 13.1 Å². The Morgan fingerprint density at radius 1 is 1.50 bits per heavy atom. The van der Waals surface area contributed by atoms with Gasteiger partial charge in [0.2, 0.25) is 0 Å². The van der Waals surface area contributed by atoms with Crippen LogP contribution >= 0.6 is 0 Å². The Hall–Kier alpha value is -1.09. The van der Waals surface area contributed by atoms with E-state index in [1.807, 2.05) is 17.8 Å². The third-order valence-electron chi connectivity index (χ3n) is 3.11.